The number of benzene rings is 1. The number of hydrogen-bond donors (Lipinski definition) is 0. The fourth-order valence-electron chi connectivity index (χ4n) is 1.63. The number of cyclic esters (lactones) is 1. The molecule has 0 aromatic heterocycles. The summed E-state index contributed by atoms with van der Waals surface area (Å²) in [4.78, 5) is 15.6. The lowest BCUT2D eigenvalue weighted by Crippen LogP contribution is -2.06. The van der Waals surface area contributed by atoms with E-state index in [0.717, 1.165) is 0 Å². The lowest BCUT2D eigenvalue weighted by molar-refractivity contribution is -0.130. The van der Waals surface area contributed by atoms with Gasteiger partial charge in [0, 0.05) is 12.0 Å². The lowest BCUT2D eigenvalue weighted by atomic mass is 10.1. The number of hydrogen-bond acceptors (Lipinski definition) is 3. The average molecular weight is 247 g/mol. The number of esters is 1. The molecule has 0 N–H and O–H groups in total. The molecule has 1 heterocycles. The van der Waals surface area contributed by atoms with Gasteiger partial charge in [0.15, 0.2) is 11.6 Å². The number of nitrogens with zero attached hydrogens (tertiary/aromatic N) is 1. The summed E-state index contributed by atoms with van der Waals surface area (Å²) in [5.74, 6) is -0.152. The standard InChI is InChI=1S/C14H14FNO2/c1-9(2)7-13-16-12(14(17)18-13)8-10-5-3-4-6-11(10)15/h3-6,8-9H,7H2,1-2H3/b12-8-. The summed E-state index contributed by atoms with van der Waals surface area (Å²) in [7, 11) is 0. The van der Waals surface area contributed by atoms with Crippen LogP contribution in [-0.4, -0.2) is 11.9 Å². The maximum absolute atomic E-state index is 13.4. The molecule has 0 amide bonds. The summed E-state index contributed by atoms with van der Waals surface area (Å²) in [6.45, 7) is 4.02. The molecule has 1 aromatic carbocycles. The van der Waals surface area contributed by atoms with E-state index in [0.29, 0.717) is 23.8 Å². The summed E-state index contributed by atoms with van der Waals surface area (Å²) >= 11 is 0. The van der Waals surface area contributed by atoms with Crippen molar-refractivity contribution >= 4 is 17.9 Å². The molecule has 4 heteroatoms. The van der Waals surface area contributed by atoms with Crippen molar-refractivity contribution in [1.29, 1.82) is 0 Å². The first kappa shape index (κ1) is 12.5. The highest BCUT2D eigenvalue weighted by Crippen LogP contribution is 2.19. The molecule has 0 atom stereocenters. The molecule has 0 unspecified atom stereocenters. The minimum atomic E-state index is -0.520. The van der Waals surface area contributed by atoms with Crippen LogP contribution in [0, 0.1) is 11.7 Å². The minimum absolute atomic E-state index is 0.149. The van der Waals surface area contributed by atoms with E-state index < -0.39 is 5.97 Å². The third-order valence-corrected chi connectivity index (χ3v) is 2.45. The number of carbonyl (C=O) groups excluding carboxylic acids is 1. The van der Waals surface area contributed by atoms with E-state index in [1.165, 1.54) is 12.1 Å². The fourth-order valence-corrected chi connectivity index (χ4v) is 1.63. The van der Waals surface area contributed by atoms with Crippen LogP contribution in [0.1, 0.15) is 25.8 Å². The lowest BCUT2D eigenvalue weighted by Gasteiger charge is -2.01. The van der Waals surface area contributed by atoms with E-state index in [4.69, 9.17) is 4.74 Å². The molecule has 94 valence electrons. The molecule has 0 fully saturated rings. The van der Waals surface area contributed by atoms with Crippen LogP contribution in [0.4, 0.5) is 4.39 Å². The van der Waals surface area contributed by atoms with Gasteiger partial charge >= 0.3 is 5.97 Å². The van der Waals surface area contributed by atoms with Crippen molar-refractivity contribution in [3.05, 3.63) is 41.3 Å². The smallest absolute Gasteiger partial charge is 0.363 e. The Balaban J connectivity index is 2.26. The summed E-state index contributed by atoms with van der Waals surface area (Å²) in [5, 5.41) is 0. The molecule has 18 heavy (non-hydrogen) atoms. The van der Waals surface area contributed by atoms with Gasteiger partial charge in [-0.05, 0) is 18.1 Å². The molecule has 0 bridgehead atoms. The monoisotopic (exact) mass is 247 g/mol. The number of carbonyl (C=O) groups is 1. The van der Waals surface area contributed by atoms with E-state index >= 15 is 0 Å². The molecule has 2 rings (SSSR count). The van der Waals surface area contributed by atoms with Crippen molar-refractivity contribution in [2.75, 3.05) is 0 Å². The Kier molecular flexibility index (Phi) is 3.55. The van der Waals surface area contributed by atoms with Gasteiger partial charge in [-0.3, -0.25) is 0 Å². The van der Waals surface area contributed by atoms with E-state index in [1.807, 2.05) is 13.8 Å². The molecular weight excluding hydrogens is 233 g/mol. The van der Waals surface area contributed by atoms with Gasteiger partial charge in [0.25, 0.3) is 0 Å². The van der Waals surface area contributed by atoms with Crippen molar-refractivity contribution in [3.8, 4) is 0 Å². The third-order valence-electron chi connectivity index (χ3n) is 2.45. The highest BCUT2D eigenvalue weighted by molar-refractivity contribution is 6.07. The molecule has 0 aliphatic carbocycles. The van der Waals surface area contributed by atoms with Gasteiger partial charge in [-0.15, -0.1) is 0 Å². The van der Waals surface area contributed by atoms with E-state index in [-0.39, 0.29) is 11.5 Å². The summed E-state index contributed by atoms with van der Waals surface area (Å²) in [6, 6.07) is 6.23. The molecule has 0 spiro atoms. The second-order valence-corrected chi connectivity index (χ2v) is 4.54. The number of rotatable bonds is 3. The first-order valence-corrected chi connectivity index (χ1v) is 5.82. The van der Waals surface area contributed by atoms with Gasteiger partial charge < -0.3 is 4.74 Å². The highest BCUT2D eigenvalue weighted by atomic mass is 19.1. The van der Waals surface area contributed by atoms with Crippen molar-refractivity contribution < 1.29 is 13.9 Å². The Bertz CT molecular complexity index is 532. The van der Waals surface area contributed by atoms with Gasteiger partial charge in [0.1, 0.15) is 5.82 Å². The zero-order chi connectivity index (χ0) is 13.1. The van der Waals surface area contributed by atoms with Crippen LogP contribution in [0.15, 0.2) is 35.0 Å². The first-order chi connectivity index (χ1) is 8.56. The molecular formula is C14H14FNO2. The zero-order valence-electron chi connectivity index (χ0n) is 10.3. The second-order valence-electron chi connectivity index (χ2n) is 4.54. The Labute approximate surface area is 105 Å². The number of halogens is 1. The molecule has 1 aliphatic rings. The van der Waals surface area contributed by atoms with Crippen molar-refractivity contribution in [3.63, 3.8) is 0 Å². The van der Waals surface area contributed by atoms with Gasteiger partial charge in [-0.25, -0.2) is 14.2 Å². The van der Waals surface area contributed by atoms with Crippen LogP contribution in [0.2, 0.25) is 0 Å². The maximum atomic E-state index is 13.4. The predicted octanol–water partition coefficient (Wildman–Crippen LogP) is 3.17. The van der Waals surface area contributed by atoms with E-state index in [9.17, 15) is 9.18 Å². The van der Waals surface area contributed by atoms with E-state index in [1.54, 1.807) is 18.2 Å². The first-order valence-electron chi connectivity index (χ1n) is 5.82. The van der Waals surface area contributed by atoms with Crippen LogP contribution in [0.3, 0.4) is 0 Å². The van der Waals surface area contributed by atoms with Gasteiger partial charge in [-0.1, -0.05) is 32.0 Å². The molecule has 0 saturated heterocycles. The zero-order valence-corrected chi connectivity index (χ0v) is 10.3. The second kappa shape index (κ2) is 5.12. The van der Waals surface area contributed by atoms with Crippen LogP contribution in [0.5, 0.6) is 0 Å². The Morgan fingerprint density at radius 1 is 1.39 bits per heavy atom. The summed E-state index contributed by atoms with van der Waals surface area (Å²) in [6.07, 6.45) is 2.01. The fraction of sp³-hybridized carbons (Fsp3) is 0.286. The van der Waals surface area contributed by atoms with Gasteiger partial charge in [-0.2, -0.15) is 0 Å². The van der Waals surface area contributed by atoms with E-state index in [2.05, 4.69) is 4.99 Å². The third kappa shape index (κ3) is 2.83. The Morgan fingerprint density at radius 3 is 2.78 bits per heavy atom. The normalized spacial score (nSPS) is 17.2. The van der Waals surface area contributed by atoms with Crippen molar-refractivity contribution in [1.82, 2.24) is 0 Å². The molecule has 1 aromatic rings. The van der Waals surface area contributed by atoms with Crippen LogP contribution < -0.4 is 0 Å². The largest absolute Gasteiger partial charge is 0.407 e. The van der Waals surface area contributed by atoms with Crippen molar-refractivity contribution in [2.45, 2.75) is 20.3 Å². The van der Waals surface area contributed by atoms with Gasteiger partial charge in [0.2, 0.25) is 0 Å². The van der Waals surface area contributed by atoms with Crippen LogP contribution >= 0.6 is 0 Å². The van der Waals surface area contributed by atoms with Gasteiger partial charge in [0.05, 0.1) is 0 Å². The molecule has 1 aliphatic heterocycles. The SMILES string of the molecule is CC(C)CC1=N/C(=C\c2ccccc2F)C(=O)O1. The predicted molar refractivity (Wildman–Crippen MR) is 67.4 cm³/mol. The summed E-state index contributed by atoms with van der Waals surface area (Å²) in [5.41, 5.74) is 0.481. The minimum Gasteiger partial charge on any atom is -0.407 e. The quantitative estimate of drug-likeness (QED) is 0.608. The molecule has 3 nitrogen and oxygen atoms in total. The average Bonchev–Trinajstić information content (AvgIpc) is 2.61. The topological polar surface area (TPSA) is 38.7 Å². The Morgan fingerprint density at radius 2 is 2.11 bits per heavy atom. The Hall–Kier alpha value is -1.97. The van der Waals surface area contributed by atoms with Crippen LogP contribution in [0.25, 0.3) is 6.08 Å². The summed E-state index contributed by atoms with van der Waals surface area (Å²) < 4.78 is 18.4. The van der Waals surface area contributed by atoms with Crippen molar-refractivity contribution in [2.24, 2.45) is 10.9 Å². The maximum Gasteiger partial charge on any atom is 0.363 e. The molecule has 0 saturated carbocycles. The van der Waals surface area contributed by atoms with Crippen LogP contribution in [-0.2, 0) is 9.53 Å². The highest BCUT2D eigenvalue weighted by Gasteiger charge is 2.23. The number of ether oxygens (including phenoxy) is 1. The molecule has 0 radical (unpaired) electrons. The number of aliphatic imine (C=N–C) groups is 1.